The molecule has 0 radical (unpaired) electrons. The molecular weight excluding hydrogens is 390 g/mol. The number of H-pyrrole nitrogens is 1. The number of aromatic nitrogens is 1. The van der Waals surface area contributed by atoms with Crippen LogP contribution in [0.25, 0.3) is 10.9 Å². The minimum Gasteiger partial charge on any atom is -0.493 e. The summed E-state index contributed by atoms with van der Waals surface area (Å²) in [6.07, 6.45) is 4.88. The Morgan fingerprint density at radius 1 is 1.17 bits per heavy atom. The molecule has 158 valence electrons. The van der Waals surface area contributed by atoms with Crippen LogP contribution in [0.5, 0.6) is 11.5 Å². The minimum atomic E-state index is -2.93. The number of ether oxygens (including phenoxy) is 2. The predicted octanol–water partition coefficient (Wildman–Crippen LogP) is 4.63. The van der Waals surface area contributed by atoms with Crippen LogP contribution in [0.1, 0.15) is 40.0 Å². The summed E-state index contributed by atoms with van der Waals surface area (Å²) in [4.78, 5) is 16.2. The van der Waals surface area contributed by atoms with Gasteiger partial charge in [0.2, 0.25) is 0 Å². The van der Waals surface area contributed by atoms with Gasteiger partial charge in [0.05, 0.1) is 18.2 Å². The molecule has 0 atom stereocenters. The monoisotopic (exact) mass is 414 g/mol. The second kappa shape index (κ2) is 8.73. The Morgan fingerprint density at radius 2 is 2.00 bits per heavy atom. The van der Waals surface area contributed by atoms with Gasteiger partial charge in [-0.2, -0.15) is 8.78 Å². The third-order valence-electron chi connectivity index (χ3n) is 5.52. The Morgan fingerprint density at radius 3 is 2.80 bits per heavy atom. The van der Waals surface area contributed by atoms with Gasteiger partial charge in [-0.1, -0.05) is 18.2 Å². The summed E-state index contributed by atoms with van der Waals surface area (Å²) in [5, 5.41) is 4.06. The fraction of sp³-hybridized carbons (Fsp3) is 0.348. The van der Waals surface area contributed by atoms with E-state index in [4.69, 9.17) is 4.74 Å². The van der Waals surface area contributed by atoms with Crippen molar-refractivity contribution in [1.29, 1.82) is 0 Å². The molecule has 30 heavy (non-hydrogen) atoms. The van der Waals surface area contributed by atoms with Gasteiger partial charge in [0.15, 0.2) is 11.5 Å². The van der Waals surface area contributed by atoms with Crippen LogP contribution in [0.3, 0.4) is 0 Å². The number of fused-ring (bicyclic) bond motifs is 3. The number of nitrogens with one attached hydrogen (secondary N) is 2. The second-order valence-electron chi connectivity index (χ2n) is 7.39. The average Bonchev–Trinajstić information content (AvgIpc) is 3.12. The quantitative estimate of drug-likeness (QED) is 0.593. The lowest BCUT2D eigenvalue weighted by molar-refractivity contribution is -0.0512. The molecule has 5 nitrogen and oxygen atoms in total. The molecule has 7 heteroatoms. The van der Waals surface area contributed by atoms with Gasteiger partial charge in [-0.25, -0.2) is 0 Å². The molecule has 0 saturated heterocycles. The molecule has 2 aromatic carbocycles. The number of aryl methyl sites for hydroxylation is 2. The zero-order chi connectivity index (χ0) is 21.1. The van der Waals surface area contributed by atoms with Crippen molar-refractivity contribution in [2.45, 2.75) is 38.7 Å². The maximum atomic E-state index is 12.8. The Kier molecular flexibility index (Phi) is 5.88. The lowest BCUT2D eigenvalue weighted by Gasteiger charge is -2.12. The minimum absolute atomic E-state index is 0.0157. The number of hydrogen-bond acceptors (Lipinski definition) is 3. The zero-order valence-corrected chi connectivity index (χ0v) is 16.8. The van der Waals surface area contributed by atoms with Crippen LogP contribution in [0, 0.1) is 0 Å². The molecule has 1 heterocycles. The number of carbonyl (C=O) groups excluding carboxylic acids is 1. The number of para-hydroxylation sites is 1. The highest BCUT2D eigenvalue weighted by Gasteiger charge is 2.19. The highest BCUT2D eigenvalue weighted by Crippen LogP contribution is 2.31. The van der Waals surface area contributed by atoms with E-state index in [1.54, 1.807) is 12.1 Å². The lowest BCUT2D eigenvalue weighted by Crippen LogP contribution is -2.26. The Bertz CT molecular complexity index is 1060. The number of hydrogen-bond donors (Lipinski definition) is 2. The first kappa shape index (κ1) is 20.2. The predicted molar refractivity (Wildman–Crippen MR) is 111 cm³/mol. The SMILES string of the molecule is COc1ccc(CCNC(=O)c2cccc3c4c([nH]c23)CCCC4)cc1OC(F)F. The van der Waals surface area contributed by atoms with E-state index in [9.17, 15) is 13.6 Å². The molecule has 1 amide bonds. The topological polar surface area (TPSA) is 63.3 Å². The molecule has 1 aromatic heterocycles. The smallest absolute Gasteiger partial charge is 0.387 e. The zero-order valence-electron chi connectivity index (χ0n) is 16.8. The molecule has 3 aromatic rings. The first-order valence-corrected chi connectivity index (χ1v) is 10.1. The van der Waals surface area contributed by atoms with Crippen LogP contribution < -0.4 is 14.8 Å². The van der Waals surface area contributed by atoms with E-state index in [1.807, 2.05) is 12.1 Å². The van der Waals surface area contributed by atoms with Gasteiger partial charge in [-0.05, 0) is 61.4 Å². The number of benzene rings is 2. The Balaban J connectivity index is 1.45. The summed E-state index contributed by atoms with van der Waals surface area (Å²) in [5.41, 5.74) is 4.84. The number of carbonyl (C=O) groups is 1. The molecule has 2 N–H and O–H groups in total. The van der Waals surface area contributed by atoms with Crippen molar-refractivity contribution in [3.63, 3.8) is 0 Å². The molecule has 0 aliphatic heterocycles. The second-order valence-corrected chi connectivity index (χ2v) is 7.39. The van der Waals surface area contributed by atoms with E-state index >= 15 is 0 Å². The first-order valence-electron chi connectivity index (χ1n) is 10.1. The third kappa shape index (κ3) is 4.10. The van der Waals surface area contributed by atoms with Gasteiger partial charge in [0.1, 0.15) is 0 Å². The van der Waals surface area contributed by atoms with Crippen molar-refractivity contribution in [1.82, 2.24) is 10.3 Å². The van der Waals surface area contributed by atoms with Gasteiger partial charge in [0.25, 0.3) is 5.91 Å². The van der Waals surface area contributed by atoms with Crippen LogP contribution in [0.2, 0.25) is 0 Å². The number of amides is 1. The van der Waals surface area contributed by atoms with E-state index in [1.165, 1.54) is 37.3 Å². The largest absolute Gasteiger partial charge is 0.493 e. The van der Waals surface area contributed by atoms with Crippen molar-refractivity contribution >= 4 is 16.8 Å². The summed E-state index contributed by atoms with van der Waals surface area (Å²) in [6.45, 7) is -2.56. The molecule has 1 aliphatic rings. The summed E-state index contributed by atoms with van der Waals surface area (Å²) in [7, 11) is 1.40. The van der Waals surface area contributed by atoms with E-state index < -0.39 is 6.61 Å². The number of methoxy groups -OCH3 is 1. The van der Waals surface area contributed by atoms with Gasteiger partial charge in [-0.3, -0.25) is 4.79 Å². The molecule has 4 rings (SSSR count). The Hall–Kier alpha value is -3.09. The van der Waals surface area contributed by atoms with Crippen molar-refractivity contribution < 1.29 is 23.0 Å². The molecule has 0 fully saturated rings. The molecule has 0 unspecified atom stereocenters. The van der Waals surface area contributed by atoms with Crippen LogP contribution in [-0.2, 0) is 19.3 Å². The maximum absolute atomic E-state index is 12.8. The highest BCUT2D eigenvalue weighted by molar-refractivity contribution is 6.06. The van der Waals surface area contributed by atoms with Crippen LogP contribution >= 0.6 is 0 Å². The van der Waals surface area contributed by atoms with Crippen molar-refractivity contribution in [2.24, 2.45) is 0 Å². The van der Waals surface area contributed by atoms with Crippen molar-refractivity contribution in [2.75, 3.05) is 13.7 Å². The molecule has 0 saturated carbocycles. The van der Waals surface area contributed by atoms with E-state index in [2.05, 4.69) is 21.1 Å². The normalized spacial score (nSPS) is 13.3. The summed E-state index contributed by atoms with van der Waals surface area (Å²) < 4.78 is 34.7. The standard InChI is InChI=1S/C23H24F2N2O3/c1-29-19-10-9-14(13-20(19)30-23(24)25)11-12-26-22(28)17-7-4-6-16-15-5-2-3-8-18(15)27-21(16)17/h4,6-7,9-10,13,23,27H,2-3,5,8,11-12H2,1H3,(H,26,28). The number of aromatic amines is 1. The van der Waals surface area contributed by atoms with E-state index in [-0.39, 0.29) is 17.4 Å². The maximum Gasteiger partial charge on any atom is 0.387 e. The fourth-order valence-corrected chi connectivity index (χ4v) is 4.10. The molecular formula is C23H24F2N2O3. The lowest BCUT2D eigenvalue weighted by atomic mass is 9.95. The molecule has 0 bridgehead atoms. The number of rotatable bonds is 7. The highest BCUT2D eigenvalue weighted by atomic mass is 19.3. The summed E-state index contributed by atoms with van der Waals surface area (Å²) in [5.74, 6) is 0.0697. The summed E-state index contributed by atoms with van der Waals surface area (Å²) >= 11 is 0. The van der Waals surface area contributed by atoms with Crippen LogP contribution in [0.4, 0.5) is 8.78 Å². The number of alkyl halides is 2. The number of halogens is 2. The first-order chi connectivity index (χ1) is 14.6. The average molecular weight is 414 g/mol. The third-order valence-corrected chi connectivity index (χ3v) is 5.52. The van der Waals surface area contributed by atoms with Crippen molar-refractivity contribution in [3.8, 4) is 11.5 Å². The van der Waals surface area contributed by atoms with Gasteiger partial charge in [-0.15, -0.1) is 0 Å². The van der Waals surface area contributed by atoms with Gasteiger partial charge < -0.3 is 19.8 Å². The summed E-state index contributed by atoms with van der Waals surface area (Å²) in [6, 6.07) is 10.7. The van der Waals surface area contributed by atoms with Crippen molar-refractivity contribution in [3.05, 3.63) is 58.8 Å². The van der Waals surface area contributed by atoms with Gasteiger partial charge in [0, 0.05) is 17.6 Å². The van der Waals surface area contributed by atoms with E-state index in [0.717, 1.165) is 29.3 Å². The fourth-order valence-electron chi connectivity index (χ4n) is 4.10. The molecule has 0 spiro atoms. The van der Waals surface area contributed by atoms with Crippen LogP contribution in [-0.4, -0.2) is 31.2 Å². The Labute approximate surface area is 173 Å². The van der Waals surface area contributed by atoms with Crippen LogP contribution in [0.15, 0.2) is 36.4 Å². The molecule has 1 aliphatic carbocycles. The van der Waals surface area contributed by atoms with Gasteiger partial charge >= 0.3 is 6.61 Å². The van der Waals surface area contributed by atoms with E-state index in [0.29, 0.717) is 18.5 Å².